The number of carboxylic acids is 1. The molecule has 0 spiro atoms. The predicted octanol–water partition coefficient (Wildman–Crippen LogP) is 3.48. The maximum Gasteiger partial charge on any atom is 0.335 e. The van der Waals surface area contributed by atoms with Crippen LogP contribution in [0.3, 0.4) is 0 Å². The second-order valence-electron chi connectivity index (χ2n) is 4.09. The van der Waals surface area contributed by atoms with Gasteiger partial charge in [0.05, 0.1) is 21.4 Å². The minimum absolute atomic E-state index is 0.307. The molecule has 0 aliphatic heterocycles. The topological polar surface area (TPSA) is 55.1 Å². The molecule has 0 unspecified atom stereocenters. The van der Waals surface area contributed by atoms with Crippen LogP contribution in [-0.4, -0.2) is 20.9 Å². The van der Waals surface area contributed by atoms with Crippen LogP contribution in [0, 0.1) is 6.92 Å². The summed E-state index contributed by atoms with van der Waals surface area (Å²) in [6, 6.07) is 6.89. The van der Waals surface area contributed by atoms with Gasteiger partial charge in [-0.15, -0.1) is 11.8 Å². The van der Waals surface area contributed by atoms with Gasteiger partial charge in [0.2, 0.25) is 0 Å². The molecule has 0 saturated heterocycles. The van der Waals surface area contributed by atoms with Gasteiger partial charge in [-0.2, -0.15) is 5.10 Å². The van der Waals surface area contributed by atoms with E-state index in [1.165, 1.54) is 0 Å². The van der Waals surface area contributed by atoms with E-state index < -0.39 is 5.97 Å². The van der Waals surface area contributed by atoms with Gasteiger partial charge in [0.25, 0.3) is 0 Å². The highest BCUT2D eigenvalue weighted by Gasteiger charge is 2.11. The number of hydrogen-bond acceptors (Lipinski definition) is 3. The number of thioether (sulfide) groups is 1. The van der Waals surface area contributed by atoms with Crippen molar-refractivity contribution in [2.24, 2.45) is 7.05 Å². The number of rotatable bonds is 4. The molecule has 1 aromatic heterocycles. The predicted molar refractivity (Wildman–Crippen MR) is 78.6 cm³/mol. The number of aromatic nitrogens is 2. The molecule has 0 aliphatic carbocycles. The van der Waals surface area contributed by atoms with Gasteiger partial charge in [-0.05, 0) is 47.1 Å². The molecular weight excluding hydrogens is 328 g/mol. The van der Waals surface area contributed by atoms with Crippen molar-refractivity contribution in [3.63, 3.8) is 0 Å². The number of aromatic carboxylic acids is 1. The standard InChI is InChI=1S/C13H13BrN2O2S/c1-8-12(14)11(16(2)15-8)7-19-10-5-3-9(4-6-10)13(17)18/h3-6H,7H2,1-2H3,(H,17,18). The zero-order valence-electron chi connectivity index (χ0n) is 10.6. The molecule has 1 aromatic carbocycles. The van der Waals surface area contributed by atoms with Gasteiger partial charge < -0.3 is 5.11 Å². The monoisotopic (exact) mass is 340 g/mol. The number of carboxylic acid groups (broad SMARTS) is 1. The van der Waals surface area contributed by atoms with Crippen molar-refractivity contribution in [1.29, 1.82) is 0 Å². The van der Waals surface area contributed by atoms with Crippen LogP contribution in [0.1, 0.15) is 21.7 Å². The summed E-state index contributed by atoms with van der Waals surface area (Å²) in [5, 5.41) is 13.2. The second kappa shape index (κ2) is 5.79. The van der Waals surface area contributed by atoms with Crippen molar-refractivity contribution in [1.82, 2.24) is 9.78 Å². The number of carbonyl (C=O) groups is 1. The van der Waals surface area contributed by atoms with E-state index in [4.69, 9.17) is 5.11 Å². The smallest absolute Gasteiger partial charge is 0.335 e. The molecule has 0 fully saturated rings. The molecule has 0 aliphatic rings. The van der Waals surface area contributed by atoms with Crippen molar-refractivity contribution < 1.29 is 9.90 Å². The molecule has 1 heterocycles. The summed E-state index contributed by atoms with van der Waals surface area (Å²) < 4.78 is 2.89. The van der Waals surface area contributed by atoms with Crippen LogP contribution in [0.4, 0.5) is 0 Å². The van der Waals surface area contributed by atoms with Crippen molar-refractivity contribution in [2.45, 2.75) is 17.6 Å². The Balaban J connectivity index is 2.08. The summed E-state index contributed by atoms with van der Waals surface area (Å²) in [7, 11) is 1.92. The van der Waals surface area contributed by atoms with E-state index in [0.717, 1.165) is 26.5 Å². The molecule has 0 saturated carbocycles. The van der Waals surface area contributed by atoms with Crippen LogP contribution < -0.4 is 0 Å². The zero-order chi connectivity index (χ0) is 14.0. The first-order chi connectivity index (χ1) is 8.99. The maximum absolute atomic E-state index is 10.8. The molecule has 1 N–H and O–H groups in total. The lowest BCUT2D eigenvalue weighted by Gasteiger charge is -2.04. The fraction of sp³-hybridized carbons (Fsp3) is 0.231. The summed E-state index contributed by atoms with van der Waals surface area (Å²) >= 11 is 5.18. The Bertz CT molecular complexity index is 608. The molecule has 100 valence electrons. The number of hydrogen-bond donors (Lipinski definition) is 1. The van der Waals surface area contributed by atoms with Crippen LogP contribution in [0.5, 0.6) is 0 Å². The lowest BCUT2D eigenvalue weighted by Crippen LogP contribution is -1.97. The number of nitrogens with zero attached hydrogens (tertiary/aromatic N) is 2. The van der Waals surface area contributed by atoms with E-state index in [2.05, 4.69) is 21.0 Å². The third kappa shape index (κ3) is 3.19. The van der Waals surface area contributed by atoms with E-state index in [-0.39, 0.29) is 0 Å². The van der Waals surface area contributed by atoms with Gasteiger partial charge >= 0.3 is 5.97 Å². The molecule has 2 aromatic rings. The first-order valence-corrected chi connectivity index (χ1v) is 7.41. The lowest BCUT2D eigenvalue weighted by atomic mass is 10.2. The van der Waals surface area contributed by atoms with Gasteiger partial charge in [-0.3, -0.25) is 4.68 Å². The van der Waals surface area contributed by atoms with E-state index in [1.807, 2.05) is 30.8 Å². The molecule has 0 bridgehead atoms. The number of benzene rings is 1. The highest BCUT2D eigenvalue weighted by Crippen LogP contribution is 2.28. The minimum Gasteiger partial charge on any atom is -0.478 e. The van der Waals surface area contributed by atoms with Crippen molar-refractivity contribution in [3.05, 3.63) is 45.7 Å². The van der Waals surface area contributed by atoms with Crippen LogP contribution in [-0.2, 0) is 12.8 Å². The number of halogens is 1. The minimum atomic E-state index is -0.901. The van der Waals surface area contributed by atoms with Crippen molar-refractivity contribution in [2.75, 3.05) is 0 Å². The molecular formula is C13H13BrN2O2S. The largest absolute Gasteiger partial charge is 0.478 e. The highest BCUT2D eigenvalue weighted by molar-refractivity contribution is 9.10. The van der Waals surface area contributed by atoms with Crippen molar-refractivity contribution in [3.8, 4) is 0 Å². The molecule has 4 nitrogen and oxygen atoms in total. The fourth-order valence-corrected chi connectivity index (χ4v) is 3.31. The Morgan fingerprint density at radius 1 is 1.42 bits per heavy atom. The highest BCUT2D eigenvalue weighted by atomic mass is 79.9. The molecule has 0 radical (unpaired) electrons. The summed E-state index contributed by atoms with van der Waals surface area (Å²) in [5.41, 5.74) is 2.39. The lowest BCUT2D eigenvalue weighted by molar-refractivity contribution is 0.0697. The van der Waals surface area contributed by atoms with E-state index in [1.54, 1.807) is 23.9 Å². The second-order valence-corrected chi connectivity index (χ2v) is 5.93. The average Bonchev–Trinajstić information content (AvgIpc) is 2.62. The summed E-state index contributed by atoms with van der Waals surface area (Å²) in [5.74, 6) is -0.119. The first kappa shape index (κ1) is 14.1. The van der Waals surface area contributed by atoms with Gasteiger partial charge in [0.15, 0.2) is 0 Å². The van der Waals surface area contributed by atoms with E-state index in [0.29, 0.717) is 5.56 Å². The van der Waals surface area contributed by atoms with Gasteiger partial charge in [0.1, 0.15) is 0 Å². The fourth-order valence-electron chi connectivity index (χ4n) is 1.68. The molecule has 2 rings (SSSR count). The zero-order valence-corrected chi connectivity index (χ0v) is 13.0. The van der Waals surface area contributed by atoms with Gasteiger partial charge in [-0.1, -0.05) is 0 Å². The molecule has 19 heavy (non-hydrogen) atoms. The Hall–Kier alpha value is -1.27. The maximum atomic E-state index is 10.8. The number of aryl methyl sites for hydroxylation is 2. The molecule has 0 amide bonds. The van der Waals surface area contributed by atoms with Gasteiger partial charge in [-0.25, -0.2) is 4.79 Å². The molecule has 0 atom stereocenters. The van der Waals surface area contributed by atoms with Crippen LogP contribution in [0.25, 0.3) is 0 Å². The Morgan fingerprint density at radius 2 is 2.05 bits per heavy atom. The summed E-state index contributed by atoms with van der Waals surface area (Å²) in [6.07, 6.45) is 0. The van der Waals surface area contributed by atoms with Crippen molar-refractivity contribution >= 4 is 33.7 Å². The SMILES string of the molecule is Cc1nn(C)c(CSc2ccc(C(=O)O)cc2)c1Br. The molecule has 6 heteroatoms. The third-order valence-corrected chi connectivity index (χ3v) is 4.79. The van der Waals surface area contributed by atoms with Gasteiger partial charge in [0, 0.05) is 17.7 Å². The first-order valence-electron chi connectivity index (χ1n) is 5.63. The van der Waals surface area contributed by atoms with E-state index >= 15 is 0 Å². The quantitative estimate of drug-likeness (QED) is 0.865. The Kier molecular flexibility index (Phi) is 4.31. The van der Waals surface area contributed by atoms with E-state index in [9.17, 15) is 4.79 Å². The summed E-state index contributed by atoms with van der Waals surface area (Å²) in [4.78, 5) is 11.8. The average molecular weight is 341 g/mol. The summed E-state index contributed by atoms with van der Waals surface area (Å²) in [6.45, 7) is 1.96. The van der Waals surface area contributed by atoms with Crippen LogP contribution in [0.2, 0.25) is 0 Å². The van der Waals surface area contributed by atoms with Crippen LogP contribution >= 0.6 is 27.7 Å². The Labute approximate surface area is 124 Å². The third-order valence-electron chi connectivity index (χ3n) is 2.74. The normalized spacial score (nSPS) is 10.7. The van der Waals surface area contributed by atoms with Crippen LogP contribution in [0.15, 0.2) is 33.6 Å². The Morgan fingerprint density at radius 3 is 2.53 bits per heavy atom.